The van der Waals surface area contributed by atoms with E-state index in [4.69, 9.17) is 5.11 Å². The third kappa shape index (κ3) is 3.42. The number of aromatic nitrogens is 4. The lowest BCUT2D eigenvalue weighted by Gasteiger charge is -2.36. The van der Waals surface area contributed by atoms with Crippen LogP contribution in [-0.4, -0.2) is 68.4 Å². The SMILES string of the molecule is O=C(c1n[nH]c2ccccc12)N1CCN(c2ccc3c(=O)n(CCO)cnc3c2)CC1. The number of hydrogen-bond donors (Lipinski definition) is 2. The summed E-state index contributed by atoms with van der Waals surface area (Å²) >= 11 is 0. The number of aliphatic hydroxyl groups excluding tert-OH is 1. The van der Waals surface area contributed by atoms with E-state index in [1.54, 1.807) is 6.07 Å². The molecule has 2 aromatic heterocycles. The highest BCUT2D eigenvalue weighted by Crippen LogP contribution is 2.22. The molecular weight excluding hydrogens is 396 g/mol. The van der Waals surface area contributed by atoms with Crippen molar-refractivity contribution in [3.63, 3.8) is 0 Å². The zero-order valence-corrected chi connectivity index (χ0v) is 16.9. The fraction of sp³-hybridized carbons (Fsp3) is 0.273. The Balaban J connectivity index is 1.32. The number of benzene rings is 2. The minimum Gasteiger partial charge on any atom is -0.395 e. The minimum absolute atomic E-state index is 0.0679. The number of carbonyl (C=O) groups is 1. The van der Waals surface area contributed by atoms with Gasteiger partial charge in [0.1, 0.15) is 0 Å². The second kappa shape index (κ2) is 7.84. The highest BCUT2D eigenvalue weighted by molar-refractivity contribution is 6.04. The third-order valence-electron chi connectivity index (χ3n) is 5.75. The molecule has 3 heterocycles. The first-order chi connectivity index (χ1) is 15.2. The molecule has 1 aliphatic heterocycles. The van der Waals surface area contributed by atoms with Gasteiger partial charge in [0.05, 0.1) is 35.9 Å². The van der Waals surface area contributed by atoms with Gasteiger partial charge < -0.3 is 14.9 Å². The molecular formula is C22H22N6O3. The normalized spacial score (nSPS) is 14.5. The van der Waals surface area contributed by atoms with Crippen LogP contribution in [0.5, 0.6) is 0 Å². The van der Waals surface area contributed by atoms with Crippen LogP contribution in [0.25, 0.3) is 21.8 Å². The molecule has 0 spiro atoms. The van der Waals surface area contributed by atoms with Crippen molar-refractivity contribution in [2.24, 2.45) is 0 Å². The Hall–Kier alpha value is -3.72. The molecule has 9 heteroatoms. The smallest absolute Gasteiger partial charge is 0.275 e. The lowest BCUT2D eigenvalue weighted by molar-refractivity contribution is 0.0742. The maximum absolute atomic E-state index is 13.0. The zero-order chi connectivity index (χ0) is 21.4. The van der Waals surface area contributed by atoms with Crippen LogP contribution >= 0.6 is 0 Å². The quantitative estimate of drug-likeness (QED) is 0.516. The summed E-state index contributed by atoms with van der Waals surface area (Å²) in [7, 11) is 0. The lowest BCUT2D eigenvalue weighted by atomic mass is 10.1. The van der Waals surface area contributed by atoms with Gasteiger partial charge in [-0.2, -0.15) is 5.10 Å². The average Bonchev–Trinajstić information content (AvgIpc) is 3.25. The molecule has 31 heavy (non-hydrogen) atoms. The maximum Gasteiger partial charge on any atom is 0.275 e. The van der Waals surface area contributed by atoms with Crippen LogP contribution in [0.1, 0.15) is 10.5 Å². The molecule has 2 aromatic carbocycles. The number of anilines is 1. The van der Waals surface area contributed by atoms with Crippen molar-refractivity contribution < 1.29 is 9.90 Å². The van der Waals surface area contributed by atoms with Crippen LogP contribution in [-0.2, 0) is 6.54 Å². The Kier molecular flexibility index (Phi) is 4.87. The molecule has 0 bridgehead atoms. The Labute approximate surface area is 177 Å². The predicted molar refractivity (Wildman–Crippen MR) is 117 cm³/mol. The van der Waals surface area contributed by atoms with Gasteiger partial charge in [0.15, 0.2) is 5.69 Å². The molecule has 158 valence electrons. The molecule has 0 unspecified atom stereocenters. The summed E-state index contributed by atoms with van der Waals surface area (Å²) in [4.78, 5) is 33.8. The van der Waals surface area contributed by atoms with Gasteiger partial charge in [-0.25, -0.2) is 4.98 Å². The molecule has 1 amide bonds. The highest BCUT2D eigenvalue weighted by atomic mass is 16.3. The summed E-state index contributed by atoms with van der Waals surface area (Å²) in [5, 5.41) is 17.6. The number of aromatic amines is 1. The van der Waals surface area contributed by atoms with E-state index in [1.165, 1.54) is 10.9 Å². The topological polar surface area (TPSA) is 107 Å². The number of nitrogens with one attached hydrogen (secondary N) is 1. The van der Waals surface area contributed by atoms with E-state index in [-0.39, 0.29) is 24.6 Å². The van der Waals surface area contributed by atoms with E-state index >= 15 is 0 Å². The van der Waals surface area contributed by atoms with Crippen LogP contribution in [0.3, 0.4) is 0 Å². The highest BCUT2D eigenvalue weighted by Gasteiger charge is 2.25. The number of para-hydroxylation sites is 1. The molecule has 9 nitrogen and oxygen atoms in total. The molecule has 0 saturated carbocycles. The summed E-state index contributed by atoms with van der Waals surface area (Å²) in [6.07, 6.45) is 1.47. The number of piperazine rings is 1. The Morgan fingerprint density at radius 2 is 1.87 bits per heavy atom. The number of fused-ring (bicyclic) bond motifs is 2. The summed E-state index contributed by atoms with van der Waals surface area (Å²) in [5.41, 5.74) is 2.74. The van der Waals surface area contributed by atoms with Crippen molar-refractivity contribution in [2.75, 3.05) is 37.7 Å². The second-order valence-electron chi connectivity index (χ2n) is 7.57. The first-order valence-corrected chi connectivity index (χ1v) is 10.2. The van der Waals surface area contributed by atoms with Crippen LogP contribution in [0.2, 0.25) is 0 Å². The van der Waals surface area contributed by atoms with E-state index in [0.717, 1.165) is 16.6 Å². The molecule has 1 fully saturated rings. The second-order valence-corrected chi connectivity index (χ2v) is 7.57. The maximum atomic E-state index is 13.0. The lowest BCUT2D eigenvalue weighted by Crippen LogP contribution is -2.49. The van der Waals surface area contributed by atoms with Crippen molar-refractivity contribution >= 4 is 33.4 Å². The third-order valence-corrected chi connectivity index (χ3v) is 5.75. The Bertz CT molecular complexity index is 1320. The van der Waals surface area contributed by atoms with Crippen LogP contribution in [0.4, 0.5) is 5.69 Å². The number of H-pyrrole nitrogens is 1. The van der Waals surface area contributed by atoms with Gasteiger partial charge in [-0.1, -0.05) is 18.2 Å². The van der Waals surface area contributed by atoms with Gasteiger partial charge in [0.25, 0.3) is 11.5 Å². The predicted octanol–water partition coefficient (Wildman–Crippen LogP) is 1.23. The number of nitrogens with zero attached hydrogens (tertiary/aromatic N) is 5. The van der Waals surface area contributed by atoms with Gasteiger partial charge in [-0.15, -0.1) is 0 Å². The van der Waals surface area contributed by atoms with Crippen LogP contribution < -0.4 is 10.5 Å². The van der Waals surface area contributed by atoms with Gasteiger partial charge >= 0.3 is 0 Å². The van der Waals surface area contributed by atoms with E-state index in [0.29, 0.717) is 42.8 Å². The van der Waals surface area contributed by atoms with E-state index in [9.17, 15) is 9.59 Å². The van der Waals surface area contributed by atoms with Crippen molar-refractivity contribution in [3.8, 4) is 0 Å². The first kappa shape index (κ1) is 19.3. The number of amides is 1. The fourth-order valence-electron chi connectivity index (χ4n) is 4.05. The van der Waals surface area contributed by atoms with Gasteiger partial charge in [-0.3, -0.25) is 19.3 Å². The number of carbonyl (C=O) groups excluding carboxylic acids is 1. The molecule has 0 radical (unpaired) electrons. The molecule has 2 N–H and O–H groups in total. The Morgan fingerprint density at radius 1 is 1.06 bits per heavy atom. The Morgan fingerprint density at radius 3 is 2.68 bits per heavy atom. The van der Waals surface area contributed by atoms with Crippen LogP contribution in [0, 0.1) is 0 Å². The summed E-state index contributed by atoms with van der Waals surface area (Å²) in [6.45, 7) is 2.66. The summed E-state index contributed by atoms with van der Waals surface area (Å²) in [6, 6.07) is 13.2. The molecule has 1 saturated heterocycles. The largest absolute Gasteiger partial charge is 0.395 e. The standard InChI is InChI=1S/C22H22N6O3/c29-12-11-28-14-23-19-13-15(5-6-17(19)21(28)30)26-7-9-27(10-8-26)22(31)20-16-3-1-2-4-18(16)24-25-20/h1-6,13-14,29H,7-12H2,(H,24,25). The van der Waals surface area contributed by atoms with Crippen molar-refractivity contribution in [1.29, 1.82) is 0 Å². The monoisotopic (exact) mass is 418 g/mol. The van der Waals surface area contributed by atoms with Crippen molar-refractivity contribution in [2.45, 2.75) is 6.54 Å². The molecule has 5 rings (SSSR count). The molecule has 0 aliphatic carbocycles. The van der Waals surface area contributed by atoms with E-state index in [2.05, 4.69) is 20.1 Å². The van der Waals surface area contributed by atoms with Crippen molar-refractivity contribution in [1.82, 2.24) is 24.6 Å². The molecule has 0 atom stereocenters. The minimum atomic E-state index is -0.160. The number of aliphatic hydroxyl groups is 1. The number of rotatable bonds is 4. The van der Waals surface area contributed by atoms with E-state index < -0.39 is 0 Å². The summed E-state index contributed by atoms with van der Waals surface area (Å²) < 4.78 is 1.41. The van der Waals surface area contributed by atoms with Gasteiger partial charge in [-0.05, 0) is 24.3 Å². The molecule has 1 aliphatic rings. The van der Waals surface area contributed by atoms with Crippen LogP contribution in [0.15, 0.2) is 53.6 Å². The van der Waals surface area contributed by atoms with Gasteiger partial charge in [0, 0.05) is 37.3 Å². The fourth-order valence-corrected chi connectivity index (χ4v) is 4.05. The zero-order valence-electron chi connectivity index (χ0n) is 16.9. The average molecular weight is 418 g/mol. The number of hydrogen-bond acceptors (Lipinski definition) is 6. The first-order valence-electron chi connectivity index (χ1n) is 10.2. The summed E-state index contributed by atoms with van der Waals surface area (Å²) in [5.74, 6) is -0.0679. The molecule has 4 aromatic rings. The van der Waals surface area contributed by atoms with Crippen molar-refractivity contribution in [3.05, 3.63) is 64.8 Å². The van der Waals surface area contributed by atoms with Gasteiger partial charge in [0.2, 0.25) is 0 Å². The van der Waals surface area contributed by atoms with E-state index in [1.807, 2.05) is 41.3 Å².